The van der Waals surface area contributed by atoms with E-state index >= 15 is 0 Å². The molecule has 2 unspecified atom stereocenters. The van der Waals surface area contributed by atoms with Crippen molar-refractivity contribution in [3.8, 4) is 0 Å². The predicted molar refractivity (Wildman–Crippen MR) is 52.7 cm³/mol. The van der Waals surface area contributed by atoms with Crippen LogP contribution in [0.4, 0.5) is 0 Å². The minimum atomic E-state index is -0.201. The summed E-state index contributed by atoms with van der Waals surface area (Å²) in [5, 5.41) is 0. The van der Waals surface area contributed by atoms with Gasteiger partial charge in [0.1, 0.15) is 0 Å². The lowest BCUT2D eigenvalue weighted by molar-refractivity contribution is -0.127. The van der Waals surface area contributed by atoms with E-state index in [1.54, 1.807) is 7.11 Å². The van der Waals surface area contributed by atoms with E-state index in [-0.39, 0.29) is 17.3 Å². The minimum absolute atomic E-state index is 0.138. The zero-order chi connectivity index (χ0) is 10.1. The zero-order valence-electron chi connectivity index (χ0n) is 9.09. The molecule has 0 bridgehead atoms. The van der Waals surface area contributed by atoms with Crippen LogP contribution >= 0.6 is 0 Å². The summed E-state index contributed by atoms with van der Waals surface area (Å²) in [6.07, 6.45) is 2.24. The van der Waals surface area contributed by atoms with Gasteiger partial charge in [0.25, 0.3) is 0 Å². The molecule has 3 nitrogen and oxygen atoms in total. The van der Waals surface area contributed by atoms with Crippen LogP contribution in [0.3, 0.4) is 0 Å². The van der Waals surface area contributed by atoms with Crippen LogP contribution < -0.4 is 5.73 Å². The number of methoxy groups -OCH3 is 1. The Morgan fingerprint density at radius 1 is 1.62 bits per heavy atom. The van der Waals surface area contributed by atoms with Crippen molar-refractivity contribution in [3.05, 3.63) is 0 Å². The van der Waals surface area contributed by atoms with Crippen LogP contribution in [0.1, 0.15) is 33.6 Å². The molecule has 1 saturated heterocycles. The van der Waals surface area contributed by atoms with Gasteiger partial charge in [-0.25, -0.2) is 0 Å². The van der Waals surface area contributed by atoms with Gasteiger partial charge in [0.05, 0.1) is 17.3 Å². The van der Waals surface area contributed by atoms with Gasteiger partial charge in [0.15, 0.2) is 0 Å². The Balaban J connectivity index is 2.59. The molecule has 78 valence electrons. The number of nitrogens with two attached hydrogens (primary N) is 1. The molecule has 0 aromatic rings. The van der Waals surface area contributed by atoms with Gasteiger partial charge < -0.3 is 15.2 Å². The van der Waals surface area contributed by atoms with E-state index in [4.69, 9.17) is 15.2 Å². The molecule has 13 heavy (non-hydrogen) atoms. The summed E-state index contributed by atoms with van der Waals surface area (Å²) in [5.74, 6) is 0. The average molecular weight is 187 g/mol. The fourth-order valence-electron chi connectivity index (χ4n) is 1.67. The highest BCUT2D eigenvalue weighted by Crippen LogP contribution is 2.35. The third-order valence-corrected chi connectivity index (χ3v) is 3.10. The number of hydrogen-bond acceptors (Lipinski definition) is 3. The Kier molecular flexibility index (Phi) is 3.00. The first-order chi connectivity index (χ1) is 5.93. The van der Waals surface area contributed by atoms with Crippen LogP contribution in [-0.4, -0.2) is 31.0 Å². The summed E-state index contributed by atoms with van der Waals surface area (Å²) in [6, 6.07) is 0. The highest BCUT2D eigenvalue weighted by molar-refractivity contribution is 4.92. The first kappa shape index (κ1) is 11.0. The van der Waals surface area contributed by atoms with Crippen molar-refractivity contribution in [2.45, 2.75) is 50.9 Å². The molecule has 0 spiro atoms. The van der Waals surface area contributed by atoms with Crippen molar-refractivity contribution in [1.82, 2.24) is 0 Å². The van der Waals surface area contributed by atoms with Crippen molar-refractivity contribution < 1.29 is 9.47 Å². The number of rotatable bonds is 3. The Morgan fingerprint density at radius 3 is 2.62 bits per heavy atom. The lowest BCUT2D eigenvalue weighted by atomic mass is 9.97. The van der Waals surface area contributed by atoms with Crippen LogP contribution in [0.2, 0.25) is 0 Å². The van der Waals surface area contributed by atoms with Gasteiger partial charge in [0.2, 0.25) is 0 Å². The van der Waals surface area contributed by atoms with Crippen LogP contribution in [0.15, 0.2) is 0 Å². The number of hydrogen-bond donors (Lipinski definition) is 1. The smallest absolute Gasteiger partial charge is 0.0883 e. The molecule has 1 rings (SSSR count). The molecule has 1 aliphatic rings. The van der Waals surface area contributed by atoms with E-state index in [0.29, 0.717) is 6.54 Å². The van der Waals surface area contributed by atoms with E-state index in [1.807, 2.05) is 0 Å². The van der Waals surface area contributed by atoms with E-state index in [1.165, 1.54) is 0 Å². The number of ether oxygens (including phenoxy) is 2. The molecule has 3 heteroatoms. The summed E-state index contributed by atoms with van der Waals surface area (Å²) < 4.78 is 11.3. The van der Waals surface area contributed by atoms with Crippen molar-refractivity contribution in [1.29, 1.82) is 0 Å². The van der Waals surface area contributed by atoms with Crippen molar-refractivity contribution in [3.63, 3.8) is 0 Å². The third kappa shape index (κ3) is 2.22. The van der Waals surface area contributed by atoms with Gasteiger partial charge in [-0.1, -0.05) is 0 Å². The Labute approximate surface area is 80.6 Å². The predicted octanol–water partition coefficient (Wildman–Crippen LogP) is 1.31. The molecule has 1 heterocycles. The van der Waals surface area contributed by atoms with Gasteiger partial charge in [0, 0.05) is 13.7 Å². The molecular formula is C10H21NO2. The SMILES string of the molecule is COC(C)(C)C1CCC(C)(CN)O1. The second-order valence-electron chi connectivity index (χ2n) is 4.61. The second-order valence-corrected chi connectivity index (χ2v) is 4.61. The Bertz CT molecular complexity index is 182. The lowest BCUT2D eigenvalue weighted by Gasteiger charge is -2.32. The molecule has 1 fully saturated rings. The molecule has 0 aromatic carbocycles. The van der Waals surface area contributed by atoms with Crippen LogP contribution in [-0.2, 0) is 9.47 Å². The monoisotopic (exact) mass is 187 g/mol. The standard InChI is InChI=1S/C10H21NO2/c1-9(2,12-4)8-5-6-10(3,7-11)13-8/h8H,5-7,11H2,1-4H3. The van der Waals surface area contributed by atoms with E-state index in [9.17, 15) is 0 Å². The summed E-state index contributed by atoms with van der Waals surface area (Å²) in [5.41, 5.74) is 5.31. The zero-order valence-corrected chi connectivity index (χ0v) is 9.09. The highest BCUT2D eigenvalue weighted by Gasteiger charge is 2.42. The third-order valence-electron chi connectivity index (χ3n) is 3.10. The van der Waals surface area contributed by atoms with E-state index in [0.717, 1.165) is 12.8 Å². The second kappa shape index (κ2) is 3.56. The fraction of sp³-hybridized carbons (Fsp3) is 1.00. The van der Waals surface area contributed by atoms with Crippen LogP contribution in [0.25, 0.3) is 0 Å². The van der Waals surface area contributed by atoms with Gasteiger partial charge in [-0.3, -0.25) is 0 Å². The maximum Gasteiger partial charge on any atom is 0.0883 e. The largest absolute Gasteiger partial charge is 0.376 e. The molecule has 0 radical (unpaired) electrons. The normalized spacial score (nSPS) is 35.3. The summed E-state index contributed by atoms with van der Waals surface area (Å²) in [6.45, 7) is 6.77. The molecule has 0 amide bonds. The lowest BCUT2D eigenvalue weighted by Crippen LogP contribution is -2.42. The van der Waals surface area contributed by atoms with Crippen molar-refractivity contribution >= 4 is 0 Å². The van der Waals surface area contributed by atoms with E-state index < -0.39 is 0 Å². The molecule has 0 aliphatic carbocycles. The van der Waals surface area contributed by atoms with Gasteiger partial charge in [-0.2, -0.15) is 0 Å². The first-order valence-electron chi connectivity index (χ1n) is 4.86. The van der Waals surface area contributed by atoms with Gasteiger partial charge >= 0.3 is 0 Å². The van der Waals surface area contributed by atoms with E-state index in [2.05, 4.69) is 20.8 Å². The Hall–Kier alpha value is -0.120. The van der Waals surface area contributed by atoms with Gasteiger partial charge in [-0.05, 0) is 33.6 Å². The molecule has 2 N–H and O–H groups in total. The van der Waals surface area contributed by atoms with Crippen LogP contribution in [0.5, 0.6) is 0 Å². The molecule has 1 aliphatic heterocycles. The summed E-state index contributed by atoms with van der Waals surface area (Å²) in [4.78, 5) is 0. The van der Waals surface area contributed by atoms with Crippen molar-refractivity contribution in [2.24, 2.45) is 5.73 Å². The van der Waals surface area contributed by atoms with Crippen LogP contribution in [0, 0.1) is 0 Å². The minimum Gasteiger partial charge on any atom is -0.376 e. The quantitative estimate of drug-likeness (QED) is 0.724. The molecular weight excluding hydrogens is 166 g/mol. The maximum absolute atomic E-state index is 5.90. The Morgan fingerprint density at radius 2 is 2.23 bits per heavy atom. The molecule has 2 atom stereocenters. The highest BCUT2D eigenvalue weighted by atomic mass is 16.6. The topological polar surface area (TPSA) is 44.5 Å². The average Bonchev–Trinajstić information content (AvgIpc) is 2.50. The molecule has 0 saturated carbocycles. The molecule has 0 aromatic heterocycles. The first-order valence-corrected chi connectivity index (χ1v) is 4.86. The maximum atomic E-state index is 5.90. The summed E-state index contributed by atoms with van der Waals surface area (Å²) >= 11 is 0. The fourth-order valence-corrected chi connectivity index (χ4v) is 1.67. The van der Waals surface area contributed by atoms with Gasteiger partial charge in [-0.15, -0.1) is 0 Å². The van der Waals surface area contributed by atoms with Crippen molar-refractivity contribution in [2.75, 3.05) is 13.7 Å². The summed E-state index contributed by atoms with van der Waals surface area (Å²) in [7, 11) is 1.72.